The van der Waals surface area contributed by atoms with Crippen molar-refractivity contribution >= 4 is 71.3 Å². The number of fused-ring (bicyclic) bond motifs is 16. The van der Waals surface area contributed by atoms with Crippen LogP contribution in [0, 0.1) is 5.92 Å². The molecule has 60 heavy (non-hydrogen) atoms. The summed E-state index contributed by atoms with van der Waals surface area (Å²) in [6.45, 7) is 0. The summed E-state index contributed by atoms with van der Waals surface area (Å²) in [7, 11) is 0. The Morgan fingerprint density at radius 1 is 0.500 bits per heavy atom. The predicted octanol–water partition coefficient (Wildman–Crippen LogP) is 15.8. The van der Waals surface area contributed by atoms with Gasteiger partial charge in [0.1, 0.15) is 0 Å². The third-order valence-corrected chi connectivity index (χ3v) is 14.2. The maximum Gasteiger partial charge on any atom is 0.0546 e. The molecule has 282 valence electrons. The molecule has 2 unspecified atom stereocenters. The summed E-state index contributed by atoms with van der Waals surface area (Å²) in [6, 6.07) is 66.3. The van der Waals surface area contributed by atoms with Crippen molar-refractivity contribution in [1.82, 2.24) is 0 Å². The maximum atomic E-state index is 2.59. The normalized spacial score (nSPS) is 18.6. The fraction of sp³-hybridized carbons (Fsp3) is 0.0847. The van der Waals surface area contributed by atoms with Crippen LogP contribution in [0.15, 0.2) is 212 Å². The van der Waals surface area contributed by atoms with E-state index in [0.717, 1.165) is 24.9 Å². The van der Waals surface area contributed by atoms with Gasteiger partial charge in [0.15, 0.2) is 0 Å². The van der Waals surface area contributed by atoms with Gasteiger partial charge in [-0.05, 0) is 137 Å². The molecular formula is C59H41N. The molecule has 4 aliphatic carbocycles. The molecule has 0 bridgehead atoms. The summed E-state index contributed by atoms with van der Waals surface area (Å²) in [4.78, 5) is 2.57. The number of allylic oxidation sites excluding steroid dienone is 8. The standard InChI is InChI=1S/C59H41N/c1-2-17-39(18-3-1)58-42-19-5-4-16-38(42)30-35-57(58)60(40-31-33-47-45-22-7-6-20-43(45)44-21-8-9-23-46(44)52(47)36-40)41-32-34-51-50-26-12-15-29-55(50)59(56(51)37-41)53-27-13-10-24-48(53)49-25-11-14-28-54(49)59/h1-14,16-27,30-37,54H,15,28-29H2. The molecule has 2 atom stereocenters. The molecule has 0 aromatic heterocycles. The third-order valence-electron chi connectivity index (χ3n) is 14.2. The second kappa shape index (κ2) is 12.9. The van der Waals surface area contributed by atoms with Gasteiger partial charge in [-0.25, -0.2) is 0 Å². The summed E-state index contributed by atoms with van der Waals surface area (Å²) < 4.78 is 0. The molecule has 4 aliphatic rings. The Kier molecular flexibility index (Phi) is 7.24. The van der Waals surface area contributed by atoms with Crippen molar-refractivity contribution in [3.8, 4) is 11.1 Å². The van der Waals surface area contributed by atoms with Crippen LogP contribution < -0.4 is 4.90 Å². The molecule has 0 saturated carbocycles. The molecule has 0 radical (unpaired) electrons. The maximum absolute atomic E-state index is 2.59. The average Bonchev–Trinajstić information content (AvgIpc) is 3.79. The minimum Gasteiger partial charge on any atom is -0.310 e. The number of nitrogens with zero attached hydrogens (tertiary/aromatic N) is 1. The molecular weight excluding hydrogens is 723 g/mol. The van der Waals surface area contributed by atoms with Crippen LogP contribution in [0.5, 0.6) is 0 Å². The van der Waals surface area contributed by atoms with E-state index in [4.69, 9.17) is 0 Å². The van der Waals surface area contributed by atoms with Crippen molar-refractivity contribution in [2.24, 2.45) is 5.92 Å². The zero-order valence-corrected chi connectivity index (χ0v) is 33.3. The van der Waals surface area contributed by atoms with Gasteiger partial charge in [-0.15, -0.1) is 0 Å². The minimum atomic E-state index is -0.228. The largest absolute Gasteiger partial charge is 0.310 e. The minimum absolute atomic E-state index is 0.228. The molecule has 0 N–H and O–H groups in total. The first-order valence-electron chi connectivity index (χ1n) is 21.5. The van der Waals surface area contributed by atoms with E-state index in [0.29, 0.717) is 5.92 Å². The van der Waals surface area contributed by atoms with E-state index in [9.17, 15) is 0 Å². The Bertz CT molecular complexity index is 3380. The van der Waals surface area contributed by atoms with Crippen LogP contribution in [-0.2, 0) is 5.41 Å². The van der Waals surface area contributed by atoms with E-state index < -0.39 is 0 Å². The average molecular weight is 764 g/mol. The van der Waals surface area contributed by atoms with Crippen LogP contribution in [0.25, 0.3) is 65.4 Å². The second-order valence-electron chi connectivity index (χ2n) is 17.0. The number of anilines is 3. The van der Waals surface area contributed by atoms with Crippen LogP contribution in [0.3, 0.4) is 0 Å². The van der Waals surface area contributed by atoms with E-state index in [-0.39, 0.29) is 5.41 Å². The van der Waals surface area contributed by atoms with Gasteiger partial charge in [0.2, 0.25) is 0 Å². The summed E-state index contributed by atoms with van der Waals surface area (Å²) in [5, 5.41) is 10.2. The zero-order chi connectivity index (χ0) is 39.4. The summed E-state index contributed by atoms with van der Waals surface area (Å²) in [5.74, 6) is 0.349. The van der Waals surface area contributed by atoms with E-state index in [1.807, 2.05) is 0 Å². The van der Waals surface area contributed by atoms with Gasteiger partial charge in [0, 0.05) is 22.9 Å². The second-order valence-corrected chi connectivity index (χ2v) is 17.0. The quantitative estimate of drug-likeness (QED) is 0.161. The molecule has 13 rings (SSSR count). The zero-order valence-electron chi connectivity index (χ0n) is 33.3. The summed E-state index contributed by atoms with van der Waals surface area (Å²) in [6.07, 6.45) is 15.1. The summed E-state index contributed by atoms with van der Waals surface area (Å²) >= 11 is 0. The third kappa shape index (κ3) is 4.58. The van der Waals surface area contributed by atoms with Crippen molar-refractivity contribution in [3.63, 3.8) is 0 Å². The van der Waals surface area contributed by atoms with Crippen molar-refractivity contribution < 1.29 is 0 Å². The van der Waals surface area contributed by atoms with E-state index in [1.54, 1.807) is 5.57 Å². The van der Waals surface area contributed by atoms with Crippen LogP contribution >= 0.6 is 0 Å². The molecule has 9 aromatic carbocycles. The van der Waals surface area contributed by atoms with Gasteiger partial charge in [-0.2, -0.15) is 0 Å². The van der Waals surface area contributed by atoms with Gasteiger partial charge in [0.05, 0.1) is 11.1 Å². The number of hydrogen-bond acceptors (Lipinski definition) is 1. The molecule has 1 nitrogen and oxygen atoms in total. The highest BCUT2D eigenvalue weighted by Crippen LogP contribution is 2.66. The molecule has 1 heteroatoms. The van der Waals surface area contributed by atoms with Crippen LogP contribution in [0.4, 0.5) is 17.1 Å². The van der Waals surface area contributed by atoms with E-state index >= 15 is 0 Å². The van der Waals surface area contributed by atoms with Crippen molar-refractivity contribution in [2.45, 2.75) is 24.7 Å². The highest BCUT2D eigenvalue weighted by molar-refractivity contribution is 6.26. The molecule has 0 saturated heterocycles. The predicted molar refractivity (Wildman–Crippen MR) is 254 cm³/mol. The fourth-order valence-electron chi connectivity index (χ4n) is 11.8. The monoisotopic (exact) mass is 763 g/mol. The van der Waals surface area contributed by atoms with E-state index in [1.165, 1.54) is 99.0 Å². The molecule has 0 fully saturated rings. The lowest BCUT2D eigenvalue weighted by Crippen LogP contribution is -2.34. The van der Waals surface area contributed by atoms with Crippen LogP contribution in [0.1, 0.15) is 41.5 Å². The van der Waals surface area contributed by atoms with Crippen molar-refractivity contribution in [2.75, 3.05) is 4.90 Å². The first-order chi connectivity index (χ1) is 29.8. The van der Waals surface area contributed by atoms with Gasteiger partial charge >= 0.3 is 0 Å². The van der Waals surface area contributed by atoms with Gasteiger partial charge in [0.25, 0.3) is 0 Å². The highest BCUT2D eigenvalue weighted by atomic mass is 15.1. The number of benzene rings is 9. The number of rotatable bonds is 4. The topological polar surface area (TPSA) is 3.24 Å². The Labute approximate surface area is 350 Å². The first kappa shape index (κ1) is 33.7. The van der Waals surface area contributed by atoms with Crippen LogP contribution in [-0.4, -0.2) is 0 Å². The lowest BCUT2D eigenvalue weighted by Gasteiger charge is -2.39. The number of hydrogen-bond donors (Lipinski definition) is 0. The molecule has 0 amide bonds. The molecule has 0 heterocycles. The Morgan fingerprint density at radius 2 is 1.17 bits per heavy atom. The smallest absolute Gasteiger partial charge is 0.0546 e. The van der Waals surface area contributed by atoms with Gasteiger partial charge < -0.3 is 4.90 Å². The lowest BCUT2D eigenvalue weighted by molar-refractivity contribution is 0.469. The van der Waals surface area contributed by atoms with Crippen molar-refractivity contribution in [3.05, 3.63) is 234 Å². The van der Waals surface area contributed by atoms with E-state index in [2.05, 4.69) is 211 Å². The summed E-state index contributed by atoms with van der Waals surface area (Å²) in [5.41, 5.74) is 15.9. The van der Waals surface area contributed by atoms with Gasteiger partial charge in [-0.1, -0.05) is 176 Å². The Morgan fingerprint density at radius 3 is 1.98 bits per heavy atom. The Hall–Kier alpha value is -7.22. The van der Waals surface area contributed by atoms with Crippen LogP contribution in [0.2, 0.25) is 0 Å². The molecule has 1 spiro atoms. The Balaban J connectivity index is 1.13. The molecule has 9 aromatic rings. The first-order valence-corrected chi connectivity index (χ1v) is 21.5. The highest BCUT2D eigenvalue weighted by Gasteiger charge is 2.56. The lowest BCUT2D eigenvalue weighted by atomic mass is 9.63. The van der Waals surface area contributed by atoms with Gasteiger partial charge in [-0.3, -0.25) is 0 Å². The van der Waals surface area contributed by atoms with Crippen molar-refractivity contribution in [1.29, 1.82) is 0 Å². The fourth-order valence-corrected chi connectivity index (χ4v) is 11.8. The SMILES string of the molecule is C1=CCC2C(=C1)c1ccccc1C21C2=C(C=CCC2)c2ccc(N(c3ccc4c5ccccc5c5ccccc5c4c3)c3ccc4ccccc4c3-c3ccccc3)cc21. The molecule has 0 aliphatic heterocycles.